The number of ether oxygens (including phenoxy) is 1. The van der Waals surface area contributed by atoms with E-state index in [1.807, 2.05) is 0 Å². The van der Waals surface area contributed by atoms with Crippen LogP contribution in [0.15, 0.2) is 35.6 Å². The Kier molecular flexibility index (Phi) is 1.27. The summed E-state index contributed by atoms with van der Waals surface area (Å²) >= 11 is 0. The molecule has 3 aliphatic heterocycles. The van der Waals surface area contributed by atoms with Crippen molar-refractivity contribution >= 4 is 15.4 Å². The lowest BCUT2D eigenvalue weighted by Gasteiger charge is -2.20. The summed E-state index contributed by atoms with van der Waals surface area (Å²) in [5.74, 6) is 1.90. The van der Waals surface area contributed by atoms with Crippen molar-refractivity contribution < 1.29 is 23.4 Å². The number of hydrogen-bond acceptors (Lipinski definition) is 5. The molecule has 62 valence electrons. The van der Waals surface area contributed by atoms with Crippen LogP contribution in [0, 0.1) is 0 Å². The molecular weight excluding hydrogens is 174 g/mol. The van der Waals surface area contributed by atoms with E-state index in [2.05, 4.69) is 0 Å². The molecule has 3 heterocycles. The van der Waals surface area contributed by atoms with Crippen molar-refractivity contribution in [3.8, 4) is 0 Å². The van der Waals surface area contributed by atoms with E-state index in [-0.39, 0.29) is 0 Å². The van der Waals surface area contributed by atoms with Gasteiger partial charge in [0, 0.05) is 0 Å². The van der Waals surface area contributed by atoms with Crippen molar-refractivity contribution in [1.82, 2.24) is 0 Å². The molecule has 0 N–H and O–H groups in total. The van der Waals surface area contributed by atoms with Gasteiger partial charge in [-0.3, -0.25) is 0 Å². The summed E-state index contributed by atoms with van der Waals surface area (Å²) in [6.07, 6.45) is 2.84. The lowest BCUT2D eigenvalue weighted by Crippen LogP contribution is -2.15. The molecule has 7 heteroatoms. The summed E-state index contributed by atoms with van der Waals surface area (Å²) in [4.78, 5) is 0. The van der Waals surface area contributed by atoms with Gasteiger partial charge in [-0.15, -0.1) is 0 Å². The second kappa shape index (κ2) is 2.42. The zero-order chi connectivity index (χ0) is 8.67. The van der Waals surface area contributed by atoms with E-state index in [9.17, 15) is 0 Å². The van der Waals surface area contributed by atoms with Crippen LogP contribution in [0.3, 0.4) is 0 Å². The molecule has 1 fully saturated rings. The normalized spacial score (nSPS) is 22.2. The smallest absolute Gasteiger partial charge is 0.529 e. The van der Waals surface area contributed by atoms with Crippen molar-refractivity contribution in [2.75, 3.05) is 0 Å². The van der Waals surface area contributed by atoms with Crippen LogP contribution in [0.4, 0.5) is 0 Å². The first-order valence-corrected chi connectivity index (χ1v) is 3.56. The predicted octanol–water partition coefficient (Wildman–Crippen LogP) is 0.0730. The van der Waals surface area contributed by atoms with Gasteiger partial charge in [-0.25, -0.2) is 0 Å². The van der Waals surface area contributed by atoms with Gasteiger partial charge in [0.25, 0.3) is 0 Å². The quantitative estimate of drug-likeness (QED) is 0.488. The summed E-state index contributed by atoms with van der Waals surface area (Å²) in [6.45, 7) is 0. The number of hydrogen-bond donors (Lipinski definition) is 0. The standard InChI is InChI=1S/C6H2B2O5/c1-4-6(13-8-11-4)5-3(9-1)2-10-7-12-5/h1-2H. The SMILES string of the molecule is [B]1OC2=COC3=CO[B]OC3=C2O1. The van der Waals surface area contributed by atoms with Crippen molar-refractivity contribution in [1.29, 1.82) is 0 Å². The number of rotatable bonds is 0. The fourth-order valence-electron chi connectivity index (χ4n) is 1.12. The first kappa shape index (κ1) is 6.82. The monoisotopic (exact) mass is 176 g/mol. The second-order valence-electron chi connectivity index (χ2n) is 2.42. The molecule has 0 aromatic rings. The molecule has 2 radical (unpaired) electrons. The maximum Gasteiger partial charge on any atom is 0.658 e. The average Bonchev–Trinajstić information content (AvgIpc) is 2.65. The lowest BCUT2D eigenvalue weighted by atomic mass is 10.2. The highest BCUT2D eigenvalue weighted by Gasteiger charge is 2.34. The van der Waals surface area contributed by atoms with Gasteiger partial charge in [-0.05, 0) is 0 Å². The third kappa shape index (κ3) is 0.898. The van der Waals surface area contributed by atoms with Crippen molar-refractivity contribution in [2.24, 2.45) is 0 Å². The minimum Gasteiger partial charge on any atom is -0.529 e. The van der Waals surface area contributed by atoms with E-state index in [0.29, 0.717) is 23.0 Å². The zero-order valence-electron chi connectivity index (χ0n) is 6.35. The van der Waals surface area contributed by atoms with Gasteiger partial charge in [0.1, 0.15) is 12.5 Å². The highest BCUT2D eigenvalue weighted by atomic mass is 16.7. The van der Waals surface area contributed by atoms with E-state index in [4.69, 9.17) is 23.4 Å². The Morgan fingerprint density at radius 3 is 2.69 bits per heavy atom. The fraction of sp³-hybridized carbons (Fsp3) is 0. The van der Waals surface area contributed by atoms with Gasteiger partial charge in [0.2, 0.25) is 5.76 Å². The van der Waals surface area contributed by atoms with Gasteiger partial charge < -0.3 is 23.4 Å². The summed E-state index contributed by atoms with van der Waals surface area (Å²) < 4.78 is 25.0. The Balaban J connectivity index is 2.10. The molecule has 0 aromatic carbocycles. The maximum atomic E-state index is 5.14. The van der Waals surface area contributed by atoms with Gasteiger partial charge >= 0.3 is 15.4 Å². The Bertz CT molecular complexity index is 345. The second-order valence-corrected chi connectivity index (χ2v) is 2.42. The molecule has 13 heavy (non-hydrogen) atoms. The summed E-state index contributed by atoms with van der Waals surface area (Å²) in [5.41, 5.74) is 0. The van der Waals surface area contributed by atoms with Crippen LogP contribution in [-0.2, 0) is 23.4 Å². The lowest BCUT2D eigenvalue weighted by molar-refractivity contribution is 0.214. The Morgan fingerprint density at radius 1 is 0.846 bits per heavy atom. The highest BCUT2D eigenvalue weighted by molar-refractivity contribution is 6.21. The predicted molar refractivity (Wildman–Crippen MR) is 40.1 cm³/mol. The Hall–Kier alpha value is -1.65. The van der Waals surface area contributed by atoms with Crippen LogP contribution < -0.4 is 0 Å². The highest BCUT2D eigenvalue weighted by Crippen LogP contribution is 2.33. The summed E-state index contributed by atoms with van der Waals surface area (Å²) in [6, 6.07) is 0. The summed E-state index contributed by atoms with van der Waals surface area (Å²) in [5, 5.41) is 0. The molecule has 0 aromatic heterocycles. The molecule has 3 rings (SSSR count). The minimum absolute atomic E-state index is 0.456. The van der Waals surface area contributed by atoms with Crippen LogP contribution in [0.2, 0.25) is 0 Å². The van der Waals surface area contributed by atoms with E-state index >= 15 is 0 Å². The van der Waals surface area contributed by atoms with E-state index in [1.54, 1.807) is 0 Å². The average molecular weight is 176 g/mol. The van der Waals surface area contributed by atoms with Crippen LogP contribution >= 0.6 is 0 Å². The minimum atomic E-state index is 0.456. The first-order chi connectivity index (χ1) is 6.45. The van der Waals surface area contributed by atoms with Crippen LogP contribution in [0.1, 0.15) is 0 Å². The largest absolute Gasteiger partial charge is 0.658 e. The Morgan fingerprint density at radius 2 is 1.69 bits per heavy atom. The van der Waals surface area contributed by atoms with E-state index in [0.717, 1.165) is 0 Å². The van der Waals surface area contributed by atoms with Crippen molar-refractivity contribution in [2.45, 2.75) is 0 Å². The van der Waals surface area contributed by atoms with Gasteiger partial charge in [0.15, 0.2) is 17.3 Å². The molecule has 3 aliphatic rings. The number of fused-ring (bicyclic) bond motifs is 2. The molecular formula is C6H2B2O5. The van der Waals surface area contributed by atoms with Gasteiger partial charge in [-0.1, -0.05) is 0 Å². The molecule has 0 atom stereocenters. The fourth-order valence-corrected chi connectivity index (χ4v) is 1.12. The molecule has 0 saturated carbocycles. The third-order valence-corrected chi connectivity index (χ3v) is 1.68. The summed E-state index contributed by atoms with van der Waals surface area (Å²) in [7, 11) is 2.39. The molecule has 0 spiro atoms. The van der Waals surface area contributed by atoms with Crippen LogP contribution in [-0.4, -0.2) is 15.4 Å². The topological polar surface area (TPSA) is 46.2 Å². The third-order valence-electron chi connectivity index (χ3n) is 1.68. The maximum absolute atomic E-state index is 5.14. The van der Waals surface area contributed by atoms with E-state index in [1.165, 1.54) is 27.9 Å². The first-order valence-electron chi connectivity index (χ1n) is 3.56. The molecule has 0 bridgehead atoms. The van der Waals surface area contributed by atoms with Gasteiger partial charge in [-0.2, -0.15) is 0 Å². The van der Waals surface area contributed by atoms with Crippen molar-refractivity contribution in [3.63, 3.8) is 0 Å². The molecule has 1 saturated heterocycles. The Labute approximate surface area is 75.2 Å². The molecule has 0 amide bonds. The van der Waals surface area contributed by atoms with E-state index < -0.39 is 0 Å². The van der Waals surface area contributed by atoms with Crippen LogP contribution in [0.5, 0.6) is 0 Å². The van der Waals surface area contributed by atoms with Gasteiger partial charge in [0.05, 0.1) is 0 Å². The molecule has 5 nitrogen and oxygen atoms in total. The molecule has 0 aliphatic carbocycles. The van der Waals surface area contributed by atoms with Crippen molar-refractivity contribution in [3.05, 3.63) is 35.6 Å². The van der Waals surface area contributed by atoms with Crippen LogP contribution in [0.25, 0.3) is 0 Å². The molecule has 0 unspecified atom stereocenters. The zero-order valence-corrected chi connectivity index (χ0v) is 6.35.